The van der Waals surface area contributed by atoms with Crippen LogP contribution in [0.3, 0.4) is 0 Å². The second-order valence-electron chi connectivity index (χ2n) is 5.65. The highest BCUT2D eigenvalue weighted by Gasteiger charge is 2.44. The first kappa shape index (κ1) is 20.7. The maximum absolute atomic E-state index is 12.2. The van der Waals surface area contributed by atoms with Crippen molar-refractivity contribution in [1.82, 2.24) is 14.7 Å². The fraction of sp³-hybridized carbons (Fsp3) is 0.312. The van der Waals surface area contributed by atoms with Crippen molar-refractivity contribution in [3.05, 3.63) is 28.2 Å². The maximum Gasteiger partial charge on any atom is 0.334 e. The first-order valence-electron chi connectivity index (χ1n) is 7.81. The van der Waals surface area contributed by atoms with Crippen molar-refractivity contribution in [3.8, 4) is 0 Å². The largest absolute Gasteiger partial charge is 0.335 e. The topological polar surface area (TPSA) is 107 Å². The van der Waals surface area contributed by atoms with Gasteiger partial charge in [0.25, 0.3) is 0 Å². The fourth-order valence-electron chi connectivity index (χ4n) is 2.30. The van der Waals surface area contributed by atoms with Crippen molar-refractivity contribution in [1.29, 1.82) is 0 Å². The second-order valence-corrected chi connectivity index (χ2v) is 6.46. The van der Waals surface area contributed by atoms with Crippen LogP contribution in [0.15, 0.2) is 18.2 Å². The minimum atomic E-state index is -1.07. The lowest BCUT2D eigenvalue weighted by Gasteiger charge is -2.20. The van der Waals surface area contributed by atoms with Gasteiger partial charge in [0.05, 0.1) is 16.6 Å². The number of urea groups is 1. The highest BCUT2D eigenvalue weighted by Crippen LogP contribution is 2.24. The molecular weight excluding hydrogens is 399 g/mol. The normalized spacial score (nSPS) is 14.0. The molecule has 9 nitrogen and oxygen atoms in total. The van der Waals surface area contributed by atoms with E-state index in [1.165, 1.54) is 26.1 Å². The van der Waals surface area contributed by atoms with Crippen molar-refractivity contribution in [3.63, 3.8) is 0 Å². The molecule has 0 saturated carbocycles. The van der Waals surface area contributed by atoms with Crippen LogP contribution < -0.4 is 5.32 Å². The van der Waals surface area contributed by atoms with Crippen LogP contribution in [0.2, 0.25) is 10.0 Å². The molecule has 1 N–H and O–H groups in total. The second kappa shape index (κ2) is 8.36. The van der Waals surface area contributed by atoms with E-state index in [2.05, 4.69) is 5.32 Å². The van der Waals surface area contributed by atoms with Crippen LogP contribution in [-0.2, 0) is 19.2 Å². The fourth-order valence-corrected chi connectivity index (χ4v) is 2.60. The van der Waals surface area contributed by atoms with Gasteiger partial charge < -0.3 is 10.2 Å². The third-order valence-electron chi connectivity index (χ3n) is 3.75. The van der Waals surface area contributed by atoms with Gasteiger partial charge in [0.2, 0.25) is 11.8 Å². The van der Waals surface area contributed by atoms with Gasteiger partial charge in [-0.3, -0.25) is 24.1 Å². The van der Waals surface area contributed by atoms with Crippen LogP contribution in [-0.4, -0.2) is 71.0 Å². The molecule has 0 aromatic heterocycles. The van der Waals surface area contributed by atoms with Gasteiger partial charge in [-0.2, -0.15) is 0 Å². The number of hydrogen-bond acceptors (Lipinski definition) is 5. The van der Waals surface area contributed by atoms with Gasteiger partial charge in [-0.05, 0) is 25.1 Å². The molecule has 0 spiro atoms. The van der Waals surface area contributed by atoms with E-state index in [0.29, 0.717) is 15.6 Å². The number of hydrogen-bond donors (Lipinski definition) is 1. The minimum Gasteiger partial charge on any atom is -0.335 e. The Morgan fingerprint density at radius 2 is 1.70 bits per heavy atom. The standard InChI is InChI=1S/C16H16Cl2N4O5/c1-3-21-14(25)15(26)22(16(21)27)8-13(24)20(2)7-12(23)19-9-4-5-10(17)11(18)6-9/h4-6H,3,7-8H2,1-2H3,(H,19,23). The number of rotatable bonds is 6. The number of imide groups is 2. The molecule has 0 aliphatic carbocycles. The Hall–Kier alpha value is -2.65. The van der Waals surface area contributed by atoms with Crippen molar-refractivity contribution in [2.75, 3.05) is 32.0 Å². The number of amides is 6. The lowest BCUT2D eigenvalue weighted by molar-refractivity contribution is -0.144. The molecule has 1 aliphatic heterocycles. The van der Waals surface area contributed by atoms with Gasteiger partial charge in [-0.25, -0.2) is 9.69 Å². The average molecular weight is 415 g/mol. The summed E-state index contributed by atoms with van der Waals surface area (Å²) in [6.07, 6.45) is 0. The van der Waals surface area contributed by atoms with E-state index in [9.17, 15) is 24.0 Å². The number of halogens is 2. The lowest BCUT2D eigenvalue weighted by Crippen LogP contribution is -2.44. The molecule has 0 atom stereocenters. The first-order chi connectivity index (χ1) is 12.6. The van der Waals surface area contributed by atoms with E-state index in [-0.39, 0.29) is 18.1 Å². The van der Waals surface area contributed by atoms with Crippen LogP contribution in [0.4, 0.5) is 10.5 Å². The Kier molecular flexibility index (Phi) is 6.40. The first-order valence-corrected chi connectivity index (χ1v) is 8.57. The van der Waals surface area contributed by atoms with Crippen LogP contribution in [0.5, 0.6) is 0 Å². The van der Waals surface area contributed by atoms with Crippen LogP contribution in [0.25, 0.3) is 0 Å². The smallest absolute Gasteiger partial charge is 0.334 e. The molecule has 11 heteroatoms. The number of likely N-dealkylation sites (N-methyl/N-ethyl adjacent to an activating group) is 2. The van der Waals surface area contributed by atoms with E-state index >= 15 is 0 Å². The molecule has 1 fully saturated rings. The predicted molar refractivity (Wildman–Crippen MR) is 97.2 cm³/mol. The minimum absolute atomic E-state index is 0.0238. The van der Waals surface area contributed by atoms with Crippen LogP contribution in [0, 0.1) is 0 Å². The number of nitrogens with zero attached hydrogens (tertiary/aromatic N) is 3. The van der Waals surface area contributed by atoms with E-state index in [1.54, 1.807) is 6.07 Å². The summed E-state index contributed by atoms with van der Waals surface area (Å²) in [6.45, 7) is 0.598. The highest BCUT2D eigenvalue weighted by molar-refractivity contribution is 6.45. The van der Waals surface area contributed by atoms with E-state index in [0.717, 1.165) is 9.80 Å². The summed E-state index contributed by atoms with van der Waals surface area (Å²) < 4.78 is 0. The summed E-state index contributed by atoms with van der Waals surface area (Å²) in [4.78, 5) is 62.0. The number of carbonyl (C=O) groups is 5. The lowest BCUT2D eigenvalue weighted by atomic mass is 10.3. The number of benzene rings is 1. The zero-order valence-electron chi connectivity index (χ0n) is 14.5. The third-order valence-corrected chi connectivity index (χ3v) is 4.49. The molecule has 1 saturated heterocycles. The summed E-state index contributed by atoms with van der Waals surface area (Å²) in [7, 11) is 1.33. The molecule has 2 rings (SSSR count). The molecule has 1 aromatic carbocycles. The van der Waals surface area contributed by atoms with E-state index in [1.807, 2.05) is 0 Å². The van der Waals surface area contributed by atoms with Crippen molar-refractivity contribution in [2.24, 2.45) is 0 Å². The van der Waals surface area contributed by atoms with Gasteiger partial charge >= 0.3 is 17.8 Å². The summed E-state index contributed by atoms with van der Waals surface area (Å²) in [5.74, 6) is -3.24. The summed E-state index contributed by atoms with van der Waals surface area (Å²) in [5, 5.41) is 3.13. The maximum atomic E-state index is 12.2. The zero-order valence-corrected chi connectivity index (χ0v) is 16.0. The number of nitrogens with one attached hydrogen (secondary N) is 1. The molecule has 27 heavy (non-hydrogen) atoms. The van der Waals surface area contributed by atoms with Crippen LogP contribution in [0.1, 0.15) is 6.92 Å². The van der Waals surface area contributed by atoms with Crippen molar-refractivity contribution in [2.45, 2.75) is 6.92 Å². The zero-order chi connectivity index (χ0) is 20.3. The molecular formula is C16H16Cl2N4O5. The van der Waals surface area contributed by atoms with Gasteiger partial charge in [-0.1, -0.05) is 23.2 Å². The molecule has 1 heterocycles. The molecule has 6 amide bonds. The Bertz CT molecular complexity index is 829. The summed E-state index contributed by atoms with van der Waals surface area (Å²) in [6, 6.07) is 3.65. The molecule has 0 radical (unpaired) electrons. The third kappa shape index (κ3) is 4.55. The highest BCUT2D eigenvalue weighted by atomic mass is 35.5. The Labute approximate surface area is 164 Å². The van der Waals surface area contributed by atoms with E-state index < -0.39 is 36.2 Å². The summed E-state index contributed by atoms with van der Waals surface area (Å²) in [5.41, 5.74) is 0.393. The van der Waals surface area contributed by atoms with E-state index in [4.69, 9.17) is 23.2 Å². The van der Waals surface area contributed by atoms with Gasteiger partial charge in [0.1, 0.15) is 6.54 Å². The molecule has 0 unspecified atom stereocenters. The molecule has 1 aromatic rings. The predicted octanol–water partition coefficient (Wildman–Crippen LogP) is 1.20. The Morgan fingerprint density at radius 3 is 2.26 bits per heavy atom. The Morgan fingerprint density at radius 1 is 1.07 bits per heavy atom. The van der Waals surface area contributed by atoms with Gasteiger partial charge in [-0.15, -0.1) is 0 Å². The number of carbonyl (C=O) groups excluding carboxylic acids is 5. The molecule has 144 valence electrons. The van der Waals surface area contributed by atoms with Gasteiger partial charge in [0, 0.05) is 19.3 Å². The van der Waals surface area contributed by atoms with Crippen molar-refractivity contribution < 1.29 is 24.0 Å². The molecule has 0 bridgehead atoms. The van der Waals surface area contributed by atoms with Crippen LogP contribution >= 0.6 is 23.2 Å². The number of anilines is 1. The monoisotopic (exact) mass is 414 g/mol. The van der Waals surface area contributed by atoms with Crippen molar-refractivity contribution >= 4 is 58.5 Å². The SMILES string of the molecule is CCN1C(=O)C(=O)N(CC(=O)N(C)CC(=O)Nc2ccc(Cl)c(Cl)c2)C1=O. The summed E-state index contributed by atoms with van der Waals surface area (Å²) >= 11 is 11.7. The Balaban J connectivity index is 1.94. The molecule has 1 aliphatic rings. The van der Waals surface area contributed by atoms with Gasteiger partial charge in [0.15, 0.2) is 0 Å². The quantitative estimate of drug-likeness (QED) is 0.555. The average Bonchev–Trinajstić information content (AvgIpc) is 2.81.